The zero-order valence-electron chi connectivity index (χ0n) is 11.7. The van der Waals surface area contributed by atoms with Crippen molar-refractivity contribution >= 4 is 26.0 Å². The largest absolute Gasteiger partial charge is 0.392 e. The molecule has 0 radical (unpaired) electrons. The van der Waals surface area contributed by atoms with Gasteiger partial charge < -0.3 is 5.11 Å². The van der Waals surface area contributed by atoms with Gasteiger partial charge in [-0.2, -0.15) is 5.10 Å². The van der Waals surface area contributed by atoms with Crippen LogP contribution in [0, 0.1) is 6.92 Å². The number of hydrogen-bond acceptors (Lipinski definition) is 4. The van der Waals surface area contributed by atoms with E-state index in [1.54, 1.807) is 30.1 Å². The Bertz CT molecular complexity index is 756. The average molecular weight is 374 g/mol. The van der Waals surface area contributed by atoms with E-state index < -0.39 is 10.0 Å². The van der Waals surface area contributed by atoms with Crippen molar-refractivity contribution in [3.05, 3.63) is 45.7 Å². The Morgan fingerprint density at radius 1 is 1.43 bits per heavy atom. The Hall–Kier alpha value is -1.22. The number of halogens is 1. The van der Waals surface area contributed by atoms with Crippen LogP contribution >= 0.6 is 15.9 Å². The fraction of sp³-hybridized carbons (Fsp3) is 0.308. The van der Waals surface area contributed by atoms with Gasteiger partial charge in [0, 0.05) is 29.8 Å². The lowest BCUT2D eigenvalue weighted by atomic mass is 10.2. The van der Waals surface area contributed by atoms with Gasteiger partial charge in [-0.15, -0.1) is 0 Å². The van der Waals surface area contributed by atoms with Crippen LogP contribution in [0.1, 0.15) is 16.8 Å². The van der Waals surface area contributed by atoms with Gasteiger partial charge >= 0.3 is 0 Å². The molecule has 1 heterocycles. The van der Waals surface area contributed by atoms with Crippen LogP contribution in [0.25, 0.3) is 0 Å². The predicted molar refractivity (Wildman–Crippen MR) is 82.0 cm³/mol. The van der Waals surface area contributed by atoms with Gasteiger partial charge in [0.25, 0.3) is 0 Å². The Morgan fingerprint density at radius 3 is 2.67 bits per heavy atom. The molecule has 0 aliphatic carbocycles. The summed E-state index contributed by atoms with van der Waals surface area (Å²) in [6.45, 7) is 1.87. The number of benzene rings is 1. The Labute approximate surface area is 132 Å². The van der Waals surface area contributed by atoms with E-state index in [9.17, 15) is 8.42 Å². The Balaban J connectivity index is 2.20. The minimum atomic E-state index is -3.64. The number of aliphatic hydroxyl groups is 1. The maximum absolute atomic E-state index is 12.3. The number of hydrogen-bond donors (Lipinski definition) is 2. The normalized spacial score (nSPS) is 11.8. The number of rotatable bonds is 5. The summed E-state index contributed by atoms with van der Waals surface area (Å²) in [5.74, 6) is 0. The summed E-state index contributed by atoms with van der Waals surface area (Å²) in [6.07, 6.45) is 1.78. The smallest absolute Gasteiger partial charge is 0.241 e. The van der Waals surface area contributed by atoms with Crippen LogP contribution in [0.3, 0.4) is 0 Å². The summed E-state index contributed by atoms with van der Waals surface area (Å²) in [4.78, 5) is 0.140. The molecule has 0 saturated heterocycles. The maximum atomic E-state index is 12.3. The van der Waals surface area contributed by atoms with Crippen LogP contribution < -0.4 is 4.72 Å². The van der Waals surface area contributed by atoms with Crippen LogP contribution in [0.4, 0.5) is 0 Å². The SMILES string of the molecule is Cc1nn(C)cc1CNS(=O)(=O)c1ccc(CO)cc1Br. The molecule has 1 aromatic carbocycles. The summed E-state index contributed by atoms with van der Waals surface area (Å²) in [5.41, 5.74) is 2.25. The van der Waals surface area contributed by atoms with E-state index >= 15 is 0 Å². The lowest BCUT2D eigenvalue weighted by molar-refractivity contribution is 0.281. The highest BCUT2D eigenvalue weighted by atomic mass is 79.9. The first kappa shape index (κ1) is 16.2. The minimum absolute atomic E-state index is 0.138. The summed E-state index contributed by atoms with van der Waals surface area (Å²) in [7, 11) is -1.85. The fourth-order valence-corrected chi connectivity index (χ4v) is 4.06. The van der Waals surface area contributed by atoms with Crippen LogP contribution in [-0.4, -0.2) is 23.3 Å². The molecule has 8 heteroatoms. The molecule has 2 N–H and O–H groups in total. The second kappa shape index (κ2) is 6.27. The highest BCUT2D eigenvalue weighted by Gasteiger charge is 2.18. The molecule has 1 aromatic heterocycles. The van der Waals surface area contributed by atoms with Crippen molar-refractivity contribution < 1.29 is 13.5 Å². The molecule has 0 unspecified atom stereocenters. The van der Waals surface area contributed by atoms with Crippen LogP contribution in [0.2, 0.25) is 0 Å². The molecule has 0 aliphatic rings. The lowest BCUT2D eigenvalue weighted by Crippen LogP contribution is -2.23. The second-order valence-electron chi connectivity index (χ2n) is 4.66. The van der Waals surface area contributed by atoms with Gasteiger partial charge in [0.15, 0.2) is 0 Å². The van der Waals surface area contributed by atoms with Crippen molar-refractivity contribution in [3.63, 3.8) is 0 Å². The van der Waals surface area contributed by atoms with Crippen molar-refractivity contribution in [2.45, 2.75) is 25.0 Å². The molecule has 0 spiro atoms. The quantitative estimate of drug-likeness (QED) is 0.830. The molecule has 6 nitrogen and oxygen atoms in total. The van der Waals surface area contributed by atoms with Crippen LogP contribution in [-0.2, 0) is 30.2 Å². The molecule has 2 aromatic rings. The molecule has 0 saturated carbocycles. The first-order valence-electron chi connectivity index (χ1n) is 6.21. The van der Waals surface area contributed by atoms with E-state index in [1.165, 1.54) is 6.07 Å². The van der Waals surface area contributed by atoms with Crippen molar-refractivity contribution in [1.82, 2.24) is 14.5 Å². The minimum Gasteiger partial charge on any atom is -0.392 e. The molecule has 114 valence electrons. The van der Waals surface area contributed by atoms with Crippen molar-refractivity contribution in [2.75, 3.05) is 0 Å². The molecule has 0 bridgehead atoms. The van der Waals surface area contributed by atoms with Gasteiger partial charge in [-0.3, -0.25) is 4.68 Å². The number of nitrogens with zero attached hydrogens (tertiary/aromatic N) is 2. The number of nitrogens with one attached hydrogen (secondary N) is 1. The average Bonchev–Trinajstić information content (AvgIpc) is 2.74. The molecular weight excluding hydrogens is 358 g/mol. The highest BCUT2D eigenvalue weighted by Crippen LogP contribution is 2.23. The van der Waals surface area contributed by atoms with E-state index in [2.05, 4.69) is 25.8 Å². The zero-order chi connectivity index (χ0) is 15.6. The third kappa shape index (κ3) is 3.70. The van der Waals surface area contributed by atoms with E-state index in [0.717, 1.165) is 11.3 Å². The molecular formula is C13H16BrN3O3S. The number of aliphatic hydroxyl groups excluding tert-OH is 1. The molecule has 2 rings (SSSR count). The Morgan fingerprint density at radius 2 is 2.14 bits per heavy atom. The molecule has 21 heavy (non-hydrogen) atoms. The number of aromatic nitrogens is 2. The predicted octanol–water partition coefficient (Wildman–Crippen LogP) is 1.46. The van der Waals surface area contributed by atoms with E-state index in [0.29, 0.717) is 10.0 Å². The Kier molecular flexibility index (Phi) is 4.82. The van der Waals surface area contributed by atoms with Gasteiger partial charge in [0.2, 0.25) is 10.0 Å². The van der Waals surface area contributed by atoms with E-state index in [4.69, 9.17) is 5.11 Å². The fourth-order valence-electron chi connectivity index (χ4n) is 1.93. The first-order valence-corrected chi connectivity index (χ1v) is 8.49. The standard InChI is InChI=1S/C13H16BrN3O3S/c1-9-11(7-17(2)16-9)6-15-21(19,20)13-4-3-10(8-18)5-12(13)14/h3-5,7,15,18H,6,8H2,1-2H3. The summed E-state index contributed by atoms with van der Waals surface area (Å²) in [5, 5.41) is 13.2. The van der Waals surface area contributed by atoms with Crippen molar-refractivity contribution in [2.24, 2.45) is 7.05 Å². The van der Waals surface area contributed by atoms with Gasteiger partial charge in [0.05, 0.1) is 17.2 Å². The van der Waals surface area contributed by atoms with Gasteiger partial charge in [-0.25, -0.2) is 13.1 Å². The monoisotopic (exact) mass is 373 g/mol. The molecule has 0 aliphatic heterocycles. The molecule has 0 atom stereocenters. The summed E-state index contributed by atoms with van der Waals surface area (Å²) in [6, 6.07) is 4.63. The highest BCUT2D eigenvalue weighted by molar-refractivity contribution is 9.10. The number of sulfonamides is 1. The molecule has 0 amide bonds. The van der Waals surface area contributed by atoms with Gasteiger partial charge in [-0.05, 0) is 40.5 Å². The third-order valence-corrected chi connectivity index (χ3v) is 5.41. The van der Waals surface area contributed by atoms with Crippen LogP contribution in [0.5, 0.6) is 0 Å². The van der Waals surface area contributed by atoms with Gasteiger partial charge in [-0.1, -0.05) is 6.07 Å². The van der Waals surface area contributed by atoms with Crippen LogP contribution in [0.15, 0.2) is 33.8 Å². The third-order valence-electron chi connectivity index (χ3n) is 3.04. The summed E-state index contributed by atoms with van der Waals surface area (Å²) >= 11 is 3.22. The lowest BCUT2D eigenvalue weighted by Gasteiger charge is -2.09. The van der Waals surface area contributed by atoms with Crippen molar-refractivity contribution in [3.8, 4) is 0 Å². The first-order chi connectivity index (χ1) is 9.83. The maximum Gasteiger partial charge on any atom is 0.241 e. The second-order valence-corrected chi connectivity index (χ2v) is 7.25. The number of aryl methyl sites for hydroxylation is 2. The topological polar surface area (TPSA) is 84.2 Å². The van der Waals surface area contributed by atoms with Crippen molar-refractivity contribution in [1.29, 1.82) is 0 Å². The van der Waals surface area contributed by atoms with Gasteiger partial charge in [0.1, 0.15) is 0 Å². The van der Waals surface area contributed by atoms with E-state index in [1.807, 2.05) is 6.92 Å². The molecule has 0 fully saturated rings. The summed E-state index contributed by atoms with van der Waals surface area (Å²) < 4.78 is 29.2. The zero-order valence-corrected chi connectivity index (χ0v) is 14.1. The van der Waals surface area contributed by atoms with E-state index in [-0.39, 0.29) is 18.0 Å².